The van der Waals surface area contributed by atoms with E-state index in [1.807, 2.05) is 36.4 Å². The fraction of sp³-hybridized carbons (Fsp3) is 0.167. The van der Waals surface area contributed by atoms with Crippen molar-refractivity contribution < 1.29 is 23.7 Å². The summed E-state index contributed by atoms with van der Waals surface area (Å²) in [5.74, 6) is 1.76. The first kappa shape index (κ1) is 22.9. The molecule has 1 N–H and O–H groups in total. The van der Waals surface area contributed by atoms with E-state index in [2.05, 4.69) is 26.5 Å². The quantitative estimate of drug-likeness (QED) is 0.344. The Hall–Kier alpha value is -3.23. The van der Waals surface area contributed by atoms with Crippen LogP contribution in [-0.4, -0.2) is 31.9 Å². The van der Waals surface area contributed by atoms with Crippen LogP contribution in [-0.2, 0) is 11.4 Å². The normalized spacial score (nSPS) is 14.7. The third-order valence-corrected chi connectivity index (χ3v) is 5.73. The van der Waals surface area contributed by atoms with Crippen molar-refractivity contribution in [1.82, 2.24) is 5.43 Å². The van der Waals surface area contributed by atoms with E-state index < -0.39 is 12.0 Å². The highest BCUT2D eigenvalue weighted by molar-refractivity contribution is 9.10. The summed E-state index contributed by atoms with van der Waals surface area (Å²) in [7, 11) is 1.55. The van der Waals surface area contributed by atoms with Crippen molar-refractivity contribution in [3.8, 4) is 23.0 Å². The topological polar surface area (TPSA) is 78.4 Å². The minimum atomic E-state index is -0.793. The predicted octanol–water partition coefficient (Wildman–Crippen LogP) is 4.98. The van der Waals surface area contributed by atoms with Crippen LogP contribution in [0.2, 0.25) is 5.02 Å². The van der Waals surface area contributed by atoms with Gasteiger partial charge in [-0.1, -0.05) is 41.9 Å². The van der Waals surface area contributed by atoms with Crippen LogP contribution in [0.4, 0.5) is 0 Å². The Kier molecular flexibility index (Phi) is 7.36. The van der Waals surface area contributed by atoms with Gasteiger partial charge in [-0.25, -0.2) is 5.43 Å². The summed E-state index contributed by atoms with van der Waals surface area (Å²) in [6, 6.07) is 18.2. The summed E-state index contributed by atoms with van der Waals surface area (Å²) in [6.07, 6.45) is 0.708. The maximum atomic E-state index is 12.4. The van der Waals surface area contributed by atoms with Crippen molar-refractivity contribution in [3.05, 3.63) is 81.3 Å². The number of rotatable bonds is 7. The minimum Gasteiger partial charge on any atom is -0.493 e. The molecular weight excluding hydrogens is 512 g/mol. The molecule has 0 saturated carbocycles. The van der Waals surface area contributed by atoms with Crippen LogP contribution in [0.5, 0.6) is 23.0 Å². The summed E-state index contributed by atoms with van der Waals surface area (Å²) < 4.78 is 23.3. The Balaban J connectivity index is 1.39. The second-order valence-electron chi connectivity index (χ2n) is 7.01. The Morgan fingerprint density at radius 3 is 2.76 bits per heavy atom. The van der Waals surface area contributed by atoms with E-state index in [0.29, 0.717) is 38.1 Å². The maximum Gasteiger partial charge on any atom is 0.284 e. The maximum absolute atomic E-state index is 12.4. The van der Waals surface area contributed by atoms with Gasteiger partial charge in [0.2, 0.25) is 6.10 Å². The first-order valence-corrected chi connectivity index (χ1v) is 11.2. The molecule has 3 aromatic carbocycles. The van der Waals surface area contributed by atoms with Gasteiger partial charge in [-0.2, -0.15) is 5.10 Å². The number of fused-ring (bicyclic) bond motifs is 1. The standard InChI is InChI=1S/C24H20BrClN2O5/c1-30-21-11-15(10-17(25)23(21)32-13-16-6-2-3-7-18(16)26)12-27-28-24(29)22-14-31-19-8-4-5-9-20(19)33-22/h2-12,22H,13-14H2,1H3,(H,28,29). The molecule has 1 unspecified atom stereocenters. The Morgan fingerprint density at radius 2 is 1.97 bits per heavy atom. The van der Waals surface area contributed by atoms with Crippen molar-refractivity contribution in [1.29, 1.82) is 0 Å². The molecule has 1 amide bonds. The van der Waals surface area contributed by atoms with Crippen molar-refractivity contribution >= 4 is 39.7 Å². The lowest BCUT2D eigenvalue weighted by Gasteiger charge is -2.24. The molecule has 0 spiro atoms. The highest BCUT2D eigenvalue weighted by atomic mass is 79.9. The number of nitrogens with zero attached hydrogens (tertiary/aromatic N) is 1. The van der Waals surface area contributed by atoms with Gasteiger partial charge in [-0.15, -0.1) is 0 Å². The average Bonchev–Trinajstić information content (AvgIpc) is 2.83. The molecule has 0 aliphatic carbocycles. The first-order valence-electron chi connectivity index (χ1n) is 10.0. The molecule has 0 aromatic heterocycles. The Morgan fingerprint density at radius 1 is 1.21 bits per heavy atom. The Labute approximate surface area is 204 Å². The van der Waals surface area contributed by atoms with Crippen LogP contribution in [0.3, 0.4) is 0 Å². The SMILES string of the molecule is COc1cc(C=NNC(=O)C2COc3ccccc3O2)cc(Br)c1OCc1ccccc1Cl. The molecule has 0 bridgehead atoms. The summed E-state index contributed by atoms with van der Waals surface area (Å²) in [5.41, 5.74) is 4.03. The lowest BCUT2D eigenvalue weighted by molar-refractivity contribution is -0.130. The summed E-state index contributed by atoms with van der Waals surface area (Å²) >= 11 is 9.71. The molecule has 33 heavy (non-hydrogen) atoms. The van der Waals surface area contributed by atoms with Gasteiger partial charge < -0.3 is 18.9 Å². The van der Waals surface area contributed by atoms with Crippen LogP contribution < -0.4 is 24.4 Å². The van der Waals surface area contributed by atoms with Crippen LogP contribution in [0, 0.1) is 0 Å². The number of ether oxygens (including phenoxy) is 4. The molecule has 1 aliphatic heterocycles. The smallest absolute Gasteiger partial charge is 0.284 e. The third-order valence-electron chi connectivity index (χ3n) is 4.77. The predicted molar refractivity (Wildman–Crippen MR) is 129 cm³/mol. The molecule has 4 rings (SSSR count). The largest absolute Gasteiger partial charge is 0.493 e. The summed E-state index contributed by atoms with van der Waals surface area (Å²) in [6.45, 7) is 0.389. The van der Waals surface area contributed by atoms with E-state index in [4.69, 9.17) is 30.5 Å². The van der Waals surface area contributed by atoms with E-state index in [0.717, 1.165) is 5.56 Å². The minimum absolute atomic E-state index is 0.106. The highest BCUT2D eigenvalue weighted by Crippen LogP contribution is 2.37. The van der Waals surface area contributed by atoms with Crippen LogP contribution >= 0.6 is 27.5 Å². The second kappa shape index (κ2) is 10.6. The van der Waals surface area contributed by atoms with Gasteiger partial charge in [0, 0.05) is 10.6 Å². The number of carbonyl (C=O) groups is 1. The molecule has 7 nitrogen and oxygen atoms in total. The van der Waals surface area contributed by atoms with E-state index in [1.165, 1.54) is 6.21 Å². The molecule has 1 heterocycles. The molecule has 9 heteroatoms. The van der Waals surface area contributed by atoms with Gasteiger partial charge in [-0.3, -0.25) is 4.79 Å². The summed E-state index contributed by atoms with van der Waals surface area (Å²) in [4.78, 5) is 12.4. The van der Waals surface area contributed by atoms with E-state index in [-0.39, 0.29) is 13.2 Å². The molecule has 3 aromatic rings. The first-order chi connectivity index (χ1) is 16.0. The number of para-hydroxylation sites is 2. The number of halogens is 2. The van der Waals surface area contributed by atoms with E-state index >= 15 is 0 Å². The number of carbonyl (C=O) groups excluding carboxylic acids is 1. The van der Waals surface area contributed by atoms with Gasteiger partial charge in [0.1, 0.15) is 13.2 Å². The van der Waals surface area contributed by atoms with Crippen molar-refractivity contribution in [2.45, 2.75) is 12.7 Å². The van der Waals surface area contributed by atoms with Crippen molar-refractivity contribution in [3.63, 3.8) is 0 Å². The molecule has 1 aliphatic rings. The van der Waals surface area contributed by atoms with Crippen molar-refractivity contribution in [2.75, 3.05) is 13.7 Å². The molecule has 0 saturated heterocycles. The van der Waals surface area contributed by atoms with E-state index in [9.17, 15) is 4.79 Å². The number of hydrogen-bond acceptors (Lipinski definition) is 6. The average molecular weight is 532 g/mol. The third kappa shape index (κ3) is 5.58. The number of amides is 1. The van der Waals surface area contributed by atoms with Gasteiger partial charge in [0.05, 0.1) is 17.8 Å². The molecule has 1 atom stereocenters. The molecule has 0 fully saturated rings. The lowest BCUT2D eigenvalue weighted by Crippen LogP contribution is -2.42. The zero-order valence-corrected chi connectivity index (χ0v) is 19.9. The molecular formula is C24H20BrClN2O5. The van der Waals surface area contributed by atoms with E-state index in [1.54, 1.807) is 31.4 Å². The zero-order chi connectivity index (χ0) is 23.2. The summed E-state index contributed by atoms with van der Waals surface area (Å²) in [5, 5.41) is 4.66. The van der Waals surface area contributed by atoms with Gasteiger partial charge in [0.25, 0.3) is 5.91 Å². The number of hydrogen-bond donors (Lipinski definition) is 1. The van der Waals surface area contributed by atoms with Gasteiger partial charge >= 0.3 is 0 Å². The lowest BCUT2D eigenvalue weighted by atomic mass is 10.2. The van der Waals surface area contributed by atoms with Crippen molar-refractivity contribution in [2.24, 2.45) is 5.10 Å². The number of nitrogens with one attached hydrogen (secondary N) is 1. The Bertz CT molecular complexity index is 1190. The van der Waals surface area contributed by atoms with Crippen LogP contribution in [0.25, 0.3) is 0 Å². The monoisotopic (exact) mass is 530 g/mol. The van der Waals surface area contributed by atoms with Gasteiger partial charge in [-0.05, 0) is 51.8 Å². The number of hydrazone groups is 1. The van der Waals surface area contributed by atoms with Crippen LogP contribution in [0.1, 0.15) is 11.1 Å². The number of methoxy groups -OCH3 is 1. The molecule has 0 radical (unpaired) electrons. The van der Waals surface area contributed by atoms with Gasteiger partial charge in [0.15, 0.2) is 23.0 Å². The zero-order valence-electron chi connectivity index (χ0n) is 17.6. The second-order valence-corrected chi connectivity index (χ2v) is 8.27. The fourth-order valence-corrected chi connectivity index (χ4v) is 3.88. The van der Waals surface area contributed by atoms with Crippen LogP contribution in [0.15, 0.2) is 70.2 Å². The highest BCUT2D eigenvalue weighted by Gasteiger charge is 2.27. The molecule has 170 valence electrons. The fourth-order valence-electron chi connectivity index (χ4n) is 3.11. The number of benzene rings is 3.